The minimum absolute atomic E-state index is 0.00534. The second kappa shape index (κ2) is 6.29. The van der Waals surface area contributed by atoms with Gasteiger partial charge in [0.05, 0.1) is 13.2 Å². The number of carbonyl (C=O) groups is 1. The van der Waals surface area contributed by atoms with Crippen molar-refractivity contribution in [3.8, 4) is 0 Å². The summed E-state index contributed by atoms with van der Waals surface area (Å²) in [6.45, 7) is 1.07. The maximum absolute atomic E-state index is 11.5. The molecule has 0 aliphatic carbocycles. The molecule has 0 amide bonds. The molecule has 0 unspecified atom stereocenters. The van der Waals surface area contributed by atoms with E-state index in [9.17, 15) is 4.79 Å². The molecule has 1 aromatic heterocycles. The van der Waals surface area contributed by atoms with Crippen molar-refractivity contribution in [1.82, 2.24) is 0 Å². The summed E-state index contributed by atoms with van der Waals surface area (Å²) < 4.78 is 10.8. The highest BCUT2D eigenvalue weighted by Gasteiger charge is 2.10. The van der Waals surface area contributed by atoms with Crippen molar-refractivity contribution in [2.45, 2.75) is 0 Å². The topological polar surface area (TPSA) is 35.5 Å². The number of Topliss-reactive ketones (excluding diaryl/α,β-unsaturated/α-hetero) is 1. The quantitative estimate of drug-likeness (QED) is 0.592. The van der Waals surface area contributed by atoms with Gasteiger partial charge in [0, 0.05) is 27.9 Å². The summed E-state index contributed by atoms with van der Waals surface area (Å²) in [5, 5.41) is 3.69. The van der Waals surface area contributed by atoms with E-state index in [1.54, 1.807) is 7.11 Å². The van der Waals surface area contributed by atoms with E-state index in [0.29, 0.717) is 18.8 Å². The first-order chi connectivity index (χ1) is 6.75. The first kappa shape index (κ1) is 11.8. The van der Waals surface area contributed by atoms with E-state index in [-0.39, 0.29) is 12.4 Å². The summed E-state index contributed by atoms with van der Waals surface area (Å²) in [4.78, 5) is 11.5. The van der Waals surface area contributed by atoms with Crippen molar-refractivity contribution in [3.63, 3.8) is 0 Å². The normalized spacial score (nSPS) is 10.4. The van der Waals surface area contributed by atoms with Crippen molar-refractivity contribution in [1.29, 1.82) is 0 Å². The van der Waals surface area contributed by atoms with Crippen LogP contribution in [0.5, 0.6) is 0 Å². The van der Waals surface area contributed by atoms with Gasteiger partial charge in [-0.25, -0.2) is 0 Å². The summed E-state index contributed by atoms with van der Waals surface area (Å²) in [7, 11) is 1.60. The van der Waals surface area contributed by atoms with E-state index in [1.165, 1.54) is 11.3 Å². The molecule has 0 aromatic carbocycles. The van der Waals surface area contributed by atoms with E-state index in [4.69, 9.17) is 9.47 Å². The molecule has 5 heteroatoms. The Hall–Kier alpha value is -0.230. The average Bonchev–Trinajstić information content (AvgIpc) is 2.59. The van der Waals surface area contributed by atoms with E-state index in [2.05, 4.69) is 15.9 Å². The molecule has 0 bridgehead atoms. The monoisotopic (exact) mass is 278 g/mol. The zero-order chi connectivity index (χ0) is 10.4. The Morgan fingerprint density at radius 1 is 1.50 bits per heavy atom. The Kier molecular flexibility index (Phi) is 5.32. The molecule has 0 spiro atoms. The Balaban J connectivity index is 2.32. The first-order valence-corrected chi connectivity index (χ1v) is 5.81. The molecule has 0 atom stereocenters. The van der Waals surface area contributed by atoms with Gasteiger partial charge in [0.1, 0.15) is 6.61 Å². The maximum Gasteiger partial charge on any atom is 0.190 e. The molecule has 0 N–H and O–H groups in total. The van der Waals surface area contributed by atoms with Gasteiger partial charge in [-0.1, -0.05) is 0 Å². The van der Waals surface area contributed by atoms with Gasteiger partial charge in [0.25, 0.3) is 0 Å². The van der Waals surface area contributed by atoms with E-state index >= 15 is 0 Å². The zero-order valence-electron chi connectivity index (χ0n) is 7.79. The number of hydrogen-bond donors (Lipinski definition) is 0. The lowest BCUT2D eigenvalue weighted by Crippen LogP contribution is -2.11. The molecule has 0 saturated carbocycles. The van der Waals surface area contributed by atoms with E-state index in [1.807, 2.05) is 10.8 Å². The smallest absolute Gasteiger partial charge is 0.190 e. The molecule has 0 saturated heterocycles. The number of halogens is 1. The predicted octanol–water partition coefficient (Wildman–Crippen LogP) is 2.36. The van der Waals surface area contributed by atoms with Crippen molar-refractivity contribution < 1.29 is 14.3 Å². The van der Waals surface area contributed by atoms with Crippen LogP contribution in [-0.2, 0) is 9.47 Å². The highest BCUT2D eigenvalue weighted by atomic mass is 79.9. The van der Waals surface area contributed by atoms with Gasteiger partial charge >= 0.3 is 0 Å². The molecule has 1 rings (SSSR count). The minimum atomic E-state index is -0.00534. The number of carbonyl (C=O) groups excluding carboxylic acids is 1. The van der Waals surface area contributed by atoms with Crippen LogP contribution in [0.2, 0.25) is 0 Å². The number of rotatable bonds is 6. The first-order valence-electron chi connectivity index (χ1n) is 4.07. The molecule has 78 valence electrons. The van der Waals surface area contributed by atoms with Crippen LogP contribution in [0.15, 0.2) is 15.2 Å². The van der Waals surface area contributed by atoms with Crippen LogP contribution in [0.1, 0.15) is 10.4 Å². The van der Waals surface area contributed by atoms with Gasteiger partial charge in [-0.3, -0.25) is 4.79 Å². The molecule has 1 heterocycles. The fourth-order valence-electron chi connectivity index (χ4n) is 0.865. The van der Waals surface area contributed by atoms with Gasteiger partial charge in [-0.15, -0.1) is 0 Å². The van der Waals surface area contributed by atoms with Gasteiger partial charge in [0.15, 0.2) is 5.78 Å². The second-order valence-electron chi connectivity index (χ2n) is 2.60. The summed E-state index contributed by atoms with van der Waals surface area (Å²) in [6.07, 6.45) is 0. The average molecular weight is 279 g/mol. The molecule has 0 aliphatic rings. The van der Waals surface area contributed by atoms with Gasteiger partial charge < -0.3 is 9.47 Å². The number of methoxy groups -OCH3 is 1. The largest absolute Gasteiger partial charge is 0.382 e. The number of thiophene rings is 1. The second-order valence-corrected chi connectivity index (χ2v) is 4.20. The van der Waals surface area contributed by atoms with E-state index < -0.39 is 0 Å². The van der Waals surface area contributed by atoms with Crippen molar-refractivity contribution >= 4 is 33.0 Å². The fraction of sp³-hybridized carbons (Fsp3) is 0.444. The summed E-state index contributed by atoms with van der Waals surface area (Å²) >= 11 is 4.79. The molecule has 0 aliphatic heterocycles. The molecule has 0 fully saturated rings. The molecular weight excluding hydrogens is 268 g/mol. The van der Waals surface area contributed by atoms with Crippen LogP contribution in [0, 0.1) is 0 Å². The van der Waals surface area contributed by atoms with Gasteiger partial charge in [0.2, 0.25) is 0 Å². The standard InChI is InChI=1S/C9H11BrO3S/c1-12-2-3-13-4-9(11)7-5-14-6-8(7)10/h5-6H,2-4H2,1H3. The van der Waals surface area contributed by atoms with E-state index in [0.717, 1.165) is 4.47 Å². The summed E-state index contributed by atoms with van der Waals surface area (Å²) in [5.41, 5.74) is 0.687. The minimum Gasteiger partial charge on any atom is -0.382 e. The zero-order valence-corrected chi connectivity index (χ0v) is 10.2. The molecule has 14 heavy (non-hydrogen) atoms. The van der Waals surface area contributed by atoms with Crippen LogP contribution < -0.4 is 0 Å². The van der Waals surface area contributed by atoms with Crippen LogP contribution in [0.4, 0.5) is 0 Å². The van der Waals surface area contributed by atoms with Crippen LogP contribution >= 0.6 is 27.3 Å². The lowest BCUT2D eigenvalue weighted by molar-refractivity contribution is 0.0576. The van der Waals surface area contributed by atoms with Crippen LogP contribution in [-0.4, -0.2) is 32.7 Å². The van der Waals surface area contributed by atoms with Gasteiger partial charge in [-0.2, -0.15) is 11.3 Å². The highest BCUT2D eigenvalue weighted by Crippen LogP contribution is 2.21. The number of hydrogen-bond acceptors (Lipinski definition) is 4. The van der Waals surface area contributed by atoms with Crippen molar-refractivity contribution in [2.75, 3.05) is 26.9 Å². The Bertz CT molecular complexity index is 298. The summed E-state index contributed by atoms with van der Waals surface area (Å²) in [6, 6.07) is 0. The molecule has 0 radical (unpaired) electrons. The Morgan fingerprint density at radius 3 is 2.86 bits per heavy atom. The predicted molar refractivity (Wildman–Crippen MR) is 59.0 cm³/mol. The number of ketones is 1. The van der Waals surface area contributed by atoms with Crippen molar-refractivity contribution in [3.05, 3.63) is 20.8 Å². The maximum atomic E-state index is 11.5. The SMILES string of the molecule is COCCOCC(=O)c1cscc1Br. The summed E-state index contributed by atoms with van der Waals surface area (Å²) in [5.74, 6) is -0.00534. The Morgan fingerprint density at radius 2 is 2.29 bits per heavy atom. The van der Waals surface area contributed by atoms with Crippen LogP contribution in [0.25, 0.3) is 0 Å². The third-order valence-corrected chi connectivity index (χ3v) is 3.28. The fourth-order valence-corrected chi connectivity index (χ4v) is 2.39. The van der Waals surface area contributed by atoms with Crippen molar-refractivity contribution in [2.24, 2.45) is 0 Å². The lowest BCUT2D eigenvalue weighted by Gasteiger charge is -2.01. The third kappa shape index (κ3) is 3.49. The molecular formula is C9H11BrO3S. The number of ether oxygens (including phenoxy) is 2. The third-order valence-electron chi connectivity index (χ3n) is 1.58. The molecule has 1 aromatic rings. The highest BCUT2D eigenvalue weighted by molar-refractivity contribution is 9.10. The van der Waals surface area contributed by atoms with Crippen LogP contribution in [0.3, 0.4) is 0 Å². The van der Waals surface area contributed by atoms with Gasteiger partial charge in [-0.05, 0) is 15.9 Å². The Labute approximate surface area is 95.2 Å². The molecule has 3 nitrogen and oxygen atoms in total. The lowest BCUT2D eigenvalue weighted by atomic mass is 10.2.